The topological polar surface area (TPSA) is 70.2 Å². The third kappa shape index (κ3) is 3.71. The third-order valence-electron chi connectivity index (χ3n) is 3.72. The first-order chi connectivity index (χ1) is 9.53. The van der Waals surface area contributed by atoms with Crippen molar-refractivity contribution in [2.75, 3.05) is 25.5 Å². The summed E-state index contributed by atoms with van der Waals surface area (Å²) < 4.78 is 26.1. The molecule has 3 N–H and O–H groups in total. The van der Waals surface area contributed by atoms with Gasteiger partial charge in [0.15, 0.2) is 0 Å². The molecule has 1 aromatic rings. The Morgan fingerprint density at radius 2 is 2.05 bits per heavy atom. The molecule has 1 aliphatic rings. The molecule has 0 aromatic heterocycles. The first-order valence-corrected chi connectivity index (χ1v) is 8.53. The van der Waals surface area contributed by atoms with E-state index < -0.39 is 10.0 Å². The first-order valence-electron chi connectivity index (χ1n) is 7.04. The smallest absolute Gasteiger partial charge is 0.240 e. The second kappa shape index (κ2) is 6.56. The Balaban J connectivity index is 2.20. The second-order valence-corrected chi connectivity index (χ2v) is 7.09. The molecule has 6 heteroatoms. The van der Waals surface area contributed by atoms with E-state index in [1.54, 1.807) is 12.1 Å². The van der Waals surface area contributed by atoms with Crippen molar-refractivity contribution in [2.45, 2.75) is 37.1 Å². The van der Waals surface area contributed by atoms with Crippen LogP contribution in [-0.4, -0.2) is 34.6 Å². The Morgan fingerprint density at radius 3 is 2.80 bits per heavy atom. The summed E-state index contributed by atoms with van der Waals surface area (Å²) >= 11 is 0. The normalized spacial score (nSPS) is 20.4. The highest BCUT2D eigenvalue weighted by Gasteiger charge is 2.16. The minimum Gasteiger partial charge on any atom is -0.382 e. The minimum atomic E-state index is -3.39. The van der Waals surface area contributed by atoms with Gasteiger partial charge in [0, 0.05) is 11.7 Å². The lowest BCUT2D eigenvalue weighted by atomic mass is 10.1. The van der Waals surface area contributed by atoms with Gasteiger partial charge >= 0.3 is 0 Å². The Labute approximate surface area is 121 Å². The summed E-state index contributed by atoms with van der Waals surface area (Å²) in [6.07, 6.45) is 3.31. The van der Waals surface area contributed by atoms with Gasteiger partial charge in [0.2, 0.25) is 10.0 Å². The standard InChI is InChI=1S/C14H23N3O2S/c1-11-5-6-13(20(18,19)15-2)10-14(11)17-12-4-3-8-16-9-7-12/h5-6,10,12,15-17H,3-4,7-9H2,1-2H3. The number of hydrogen-bond donors (Lipinski definition) is 3. The van der Waals surface area contributed by atoms with Crippen molar-refractivity contribution in [1.29, 1.82) is 0 Å². The molecule has 0 aliphatic carbocycles. The van der Waals surface area contributed by atoms with E-state index in [1.807, 2.05) is 13.0 Å². The number of aryl methyl sites for hydroxylation is 1. The molecule has 5 nitrogen and oxygen atoms in total. The summed E-state index contributed by atoms with van der Waals surface area (Å²) in [5.41, 5.74) is 1.98. The molecule has 1 unspecified atom stereocenters. The van der Waals surface area contributed by atoms with E-state index in [9.17, 15) is 8.42 Å². The van der Waals surface area contributed by atoms with Gasteiger partial charge in [-0.25, -0.2) is 13.1 Å². The van der Waals surface area contributed by atoms with E-state index in [0.29, 0.717) is 10.9 Å². The van der Waals surface area contributed by atoms with Crippen LogP contribution in [0.1, 0.15) is 24.8 Å². The molecule has 0 radical (unpaired) electrons. The molecule has 1 fully saturated rings. The molecule has 1 atom stereocenters. The monoisotopic (exact) mass is 297 g/mol. The van der Waals surface area contributed by atoms with Gasteiger partial charge in [-0.1, -0.05) is 6.07 Å². The molecule has 0 saturated carbocycles. The molecular weight excluding hydrogens is 274 g/mol. The fraction of sp³-hybridized carbons (Fsp3) is 0.571. The molecular formula is C14H23N3O2S. The summed E-state index contributed by atoms with van der Waals surface area (Å²) in [7, 11) is -1.96. The van der Waals surface area contributed by atoms with Crippen molar-refractivity contribution in [3.8, 4) is 0 Å². The predicted molar refractivity (Wildman–Crippen MR) is 81.6 cm³/mol. The van der Waals surface area contributed by atoms with Gasteiger partial charge in [0.25, 0.3) is 0 Å². The summed E-state index contributed by atoms with van der Waals surface area (Å²) in [6, 6.07) is 5.61. The molecule has 20 heavy (non-hydrogen) atoms. The van der Waals surface area contributed by atoms with Crippen LogP contribution in [-0.2, 0) is 10.0 Å². The van der Waals surface area contributed by atoms with E-state index in [2.05, 4.69) is 15.4 Å². The molecule has 0 spiro atoms. The quantitative estimate of drug-likeness (QED) is 0.787. The average molecular weight is 297 g/mol. The van der Waals surface area contributed by atoms with Gasteiger partial charge in [-0.15, -0.1) is 0 Å². The lowest BCUT2D eigenvalue weighted by molar-refractivity contribution is 0.588. The molecule has 0 bridgehead atoms. The van der Waals surface area contributed by atoms with Crippen molar-refractivity contribution in [2.24, 2.45) is 0 Å². The van der Waals surface area contributed by atoms with Gasteiger partial charge in [0.05, 0.1) is 4.90 Å². The second-order valence-electron chi connectivity index (χ2n) is 5.21. The van der Waals surface area contributed by atoms with Crippen LogP contribution < -0.4 is 15.4 Å². The maximum absolute atomic E-state index is 11.9. The van der Waals surface area contributed by atoms with Gasteiger partial charge < -0.3 is 10.6 Å². The molecule has 1 aliphatic heterocycles. The Morgan fingerprint density at radius 1 is 1.25 bits per heavy atom. The molecule has 1 heterocycles. The number of hydrogen-bond acceptors (Lipinski definition) is 4. The van der Waals surface area contributed by atoms with Crippen molar-refractivity contribution < 1.29 is 8.42 Å². The van der Waals surface area contributed by atoms with Crippen LogP contribution in [0.15, 0.2) is 23.1 Å². The Kier molecular flexibility index (Phi) is 5.01. The zero-order chi connectivity index (χ0) is 14.6. The van der Waals surface area contributed by atoms with Crippen LogP contribution in [0.4, 0.5) is 5.69 Å². The van der Waals surface area contributed by atoms with E-state index in [0.717, 1.165) is 43.6 Å². The van der Waals surface area contributed by atoms with Crippen LogP contribution in [0, 0.1) is 6.92 Å². The van der Waals surface area contributed by atoms with Crippen LogP contribution in [0.25, 0.3) is 0 Å². The first kappa shape index (κ1) is 15.3. The van der Waals surface area contributed by atoms with Gasteiger partial charge in [-0.2, -0.15) is 0 Å². The maximum atomic E-state index is 11.9. The fourth-order valence-electron chi connectivity index (χ4n) is 2.42. The van der Waals surface area contributed by atoms with Crippen LogP contribution in [0.2, 0.25) is 0 Å². The summed E-state index contributed by atoms with van der Waals surface area (Å²) in [5, 5.41) is 6.87. The highest BCUT2D eigenvalue weighted by molar-refractivity contribution is 7.89. The lowest BCUT2D eigenvalue weighted by Crippen LogP contribution is -2.23. The van der Waals surface area contributed by atoms with E-state index in [1.165, 1.54) is 7.05 Å². The molecule has 1 aromatic carbocycles. The number of sulfonamides is 1. The Hall–Kier alpha value is -1.11. The van der Waals surface area contributed by atoms with Crippen LogP contribution in [0.5, 0.6) is 0 Å². The maximum Gasteiger partial charge on any atom is 0.240 e. The predicted octanol–water partition coefficient (Wildman–Crippen LogP) is 1.46. The highest BCUT2D eigenvalue weighted by atomic mass is 32.2. The number of anilines is 1. The SMILES string of the molecule is CNS(=O)(=O)c1ccc(C)c(NC2CCCNCC2)c1. The number of benzene rings is 1. The van der Waals surface area contributed by atoms with Crippen molar-refractivity contribution in [3.05, 3.63) is 23.8 Å². The molecule has 112 valence electrons. The Bertz CT molecular complexity index is 550. The largest absolute Gasteiger partial charge is 0.382 e. The van der Waals surface area contributed by atoms with Crippen LogP contribution >= 0.6 is 0 Å². The van der Waals surface area contributed by atoms with Gasteiger partial charge in [0.1, 0.15) is 0 Å². The number of nitrogens with one attached hydrogen (secondary N) is 3. The van der Waals surface area contributed by atoms with Gasteiger partial charge in [-0.3, -0.25) is 0 Å². The van der Waals surface area contributed by atoms with Gasteiger partial charge in [-0.05, 0) is 64.0 Å². The third-order valence-corrected chi connectivity index (χ3v) is 5.14. The van der Waals surface area contributed by atoms with Crippen molar-refractivity contribution >= 4 is 15.7 Å². The van der Waals surface area contributed by atoms with E-state index in [-0.39, 0.29) is 0 Å². The average Bonchev–Trinajstić information content (AvgIpc) is 2.69. The molecule has 1 saturated heterocycles. The fourth-order valence-corrected chi connectivity index (χ4v) is 3.18. The van der Waals surface area contributed by atoms with E-state index in [4.69, 9.17) is 0 Å². The van der Waals surface area contributed by atoms with Crippen LogP contribution in [0.3, 0.4) is 0 Å². The van der Waals surface area contributed by atoms with Crippen molar-refractivity contribution in [1.82, 2.24) is 10.0 Å². The molecule has 0 amide bonds. The van der Waals surface area contributed by atoms with Crippen molar-refractivity contribution in [3.63, 3.8) is 0 Å². The number of rotatable bonds is 4. The van der Waals surface area contributed by atoms with E-state index >= 15 is 0 Å². The molecule has 2 rings (SSSR count). The summed E-state index contributed by atoms with van der Waals surface area (Å²) in [5.74, 6) is 0. The zero-order valence-electron chi connectivity index (χ0n) is 12.1. The minimum absolute atomic E-state index is 0.305. The lowest BCUT2D eigenvalue weighted by Gasteiger charge is -2.19. The zero-order valence-corrected chi connectivity index (χ0v) is 12.9. The summed E-state index contributed by atoms with van der Waals surface area (Å²) in [4.78, 5) is 0.305. The summed E-state index contributed by atoms with van der Waals surface area (Å²) in [6.45, 7) is 4.06. The highest BCUT2D eigenvalue weighted by Crippen LogP contribution is 2.22.